The average molecular weight is 647 g/mol. The number of nitrogens with two attached hydrogens (primary N) is 1. The first kappa shape index (κ1) is 34.3. The van der Waals surface area contributed by atoms with Crippen LogP contribution in [0.2, 0.25) is 0 Å². The molecule has 0 radical (unpaired) electrons. The van der Waals surface area contributed by atoms with Crippen LogP contribution in [-0.4, -0.2) is 92.7 Å². The highest BCUT2D eigenvalue weighted by Gasteiger charge is 2.37. The minimum Gasteiger partial charge on any atom is -0.355 e. The van der Waals surface area contributed by atoms with Gasteiger partial charge in [0.25, 0.3) is 11.8 Å². The van der Waals surface area contributed by atoms with Crippen LogP contribution in [0.15, 0.2) is 24.4 Å². The van der Waals surface area contributed by atoms with Crippen molar-refractivity contribution in [1.29, 1.82) is 0 Å². The largest absolute Gasteiger partial charge is 0.355 e. The summed E-state index contributed by atoms with van der Waals surface area (Å²) in [6.07, 6.45) is 7.21. The molecular weight excluding hydrogens is 603 g/mol. The Labute approximate surface area is 269 Å². The molecule has 2 aliphatic heterocycles. The molecule has 0 spiro atoms. The van der Waals surface area contributed by atoms with Gasteiger partial charge in [0.2, 0.25) is 11.8 Å². The van der Waals surface area contributed by atoms with E-state index in [1.54, 1.807) is 16.9 Å². The van der Waals surface area contributed by atoms with Crippen molar-refractivity contribution in [3.63, 3.8) is 0 Å². The van der Waals surface area contributed by atoms with Crippen LogP contribution in [0.4, 0.5) is 4.39 Å². The number of halogens is 2. The second-order valence-electron chi connectivity index (χ2n) is 12.6. The lowest BCUT2D eigenvalue weighted by molar-refractivity contribution is -0.126. The van der Waals surface area contributed by atoms with Crippen LogP contribution in [0.1, 0.15) is 91.2 Å². The standard InChI is InChI=1S/C31H43FN8O4.ClH/c1-19(2)25-16-38(31(44)26-17-40(37-36-26)22-10-8-21(33)9-11-22)18-28(41)34-13-3-5-20-7-12-24(32)23(15-20)30(43)39-14-4-6-27(39)29(42)35-25;/h7,12,15,17,19,21-22,25,27H,3-6,8-11,13-14,16,18,33H2,1-2H3,(H,34,41)(H,35,42);1H/t21?,22?,25-,27-;/m0./s1. The number of amides is 4. The molecule has 3 heterocycles. The lowest BCUT2D eigenvalue weighted by Crippen LogP contribution is -2.55. The molecule has 2 atom stereocenters. The number of benzene rings is 1. The predicted molar refractivity (Wildman–Crippen MR) is 167 cm³/mol. The molecule has 1 aromatic heterocycles. The van der Waals surface area contributed by atoms with Crippen LogP contribution >= 0.6 is 12.4 Å². The van der Waals surface area contributed by atoms with Gasteiger partial charge in [-0.1, -0.05) is 25.1 Å². The molecule has 1 aromatic carbocycles. The summed E-state index contributed by atoms with van der Waals surface area (Å²) in [6, 6.07) is 3.43. The highest BCUT2D eigenvalue weighted by atomic mass is 35.5. The van der Waals surface area contributed by atoms with E-state index >= 15 is 0 Å². The number of hydrogen-bond donors (Lipinski definition) is 3. The van der Waals surface area contributed by atoms with E-state index in [1.807, 2.05) is 13.8 Å². The van der Waals surface area contributed by atoms with Gasteiger partial charge < -0.3 is 26.2 Å². The second kappa shape index (κ2) is 15.1. The van der Waals surface area contributed by atoms with Gasteiger partial charge in [-0.05, 0) is 75.0 Å². The highest BCUT2D eigenvalue weighted by Crippen LogP contribution is 2.27. The van der Waals surface area contributed by atoms with Crippen molar-refractivity contribution in [2.24, 2.45) is 11.7 Å². The third kappa shape index (κ3) is 8.18. The van der Waals surface area contributed by atoms with Gasteiger partial charge in [-0.25, -0.2) is 9.07 Å². The molecule has 45 heavy (non-hydrogen) atoms. The highest BCUT2D eigenvalue weighted by molar-refractivity contribution is 5.98. The first-order valence-electron chi connectivity index (χ1n) is 15.7. The Balaban J connectivity index is 0.00000461. The van der Waals surface area contributed by atoms with Crippen molar-refractivity contribution >= 4 is 36.0 Å². The number of nitrogens with zero attached hydrogens (tertiary/aromatic N) is 5. The number of aryl methyl sites for hydroxylation is 1. The van der Waals surface area contributed by atoms with Gasteiger partial charge in [0.1, 0.15) is 11.9 Å². The van der Waals surface area contributed by atoms with Crippen LogP contribution in [0, 0.1) is 11.7 Å². The number of rotatable bonds is 3. The SMILES string of the molecule is CC(C)[C@@H]1CN(C(=O)c2cn(C3CCC(N)CC3)nn2)CC(=O)NCCCc2ccc(F)c(c2)C(=O)N2CCC[C@H]2C(=O)N1.Cl. The van der Waals surface area contributed by atoms with Crippen LogP contribution in [-0.2, 0) is 16.0 Å². The van der Waals surface area contributed by atoms with E-state index in [-0.39, 0.29) is 66.6 Å². The Bertz CT molecular complexity index is 1380. The van der Waals surface area contributed by atoms with E-state index in [0.717, 1.165) is 31.2 Å². The second-order valence-corrected chi connectivity index (χ2v) is 12.6. The zero-order chi connectivity index (χ0) is 31.4. The summed E-state index contributed by atoms with van der Waals surface area (Å²) in [4.78, 5) is 56.8. The molecular formula is C31H44ClFN8O4. The van der Waals surface area contributed by atoms with Crippen molar-refractivity contribution in [3.8, 4) is 0 Å². The Morgan fingerprint density at radius 3 is 2.58 bits per heavy atom. The van der Waals surface area contributed by atoms with Crippen molar-refractivity contribution < 1.29 is 23.6 Å². The van der Waals surface area contributed by atoms with E-state index in [0.29, 0.717) is 38.8 Å². The van der Waals surface area contributed by atoms with E-state index in [1.165, 1.54) is 21.9 Å². The summed E-state index contributed by atoms with van der Waals surface area (Å²) in [6.45, 7) is 4.34. The first-order chi connectivity index (χ1) is 21.1. The number of fused-ring (bicyclic) bond motifs is 3. The van der Waals surface area contributed by atoms with Crippen molar-refractivity contribution in [3.05, 3.63) is 47.0 Å². The van der Waals surface area contributed by atoms with Gasteiger partial charge in [0, 0.05) is 31.7 Å². The van der Waals surface area contributed by atoms with Gasteiger partial charge in [-0.3, -0.25) is 19.2 Å². The van der Waals surface area contributed by atoms with Crippen LogP contribution < -0.4 is 16.4 Å². The molecule has 5 rings (SSSR count). The first-order valence-corrected chi connectivity index (χ1v) is 15.7. The molecule has 2 fully saturated rings. The van der Waals surface area contributed by atoms with Crippen LogP contribution in [0.5, 0.6) is 0 Å². The summed E-state index contributed by atoms with van der Waals surface area (Å²) in [5.74, 6) is -2.42. The smallest absolute Gasteiger partial charge is 0.276 e. The molecule has 4 amide bonds. The van der Waals surface area contributed by atoms with E-state index in [4.69, 9.17) is 5.73 Å². The molecule has 1 aliphatic carbocycles. The zero-order valence-corrected chi connectivity index (χ0v) is 26.7. The van der Waals surface area contributed by atoms with Crippen LogP contribution in [0.25, 0.3) is 0 Å². The molecule has 14 heteroatoms. The van der Waals surface area contributed by atoms with Gasteiger partial charge in [-0.15, -0.1) is 17.5 Å². The third-order valence-electron chi connectivity index (χ3n) is 9.06. The quantitative estimate of drug-likeness (QED) is 0.462. The molecule has 3 aliphatic rings. The molecule has 2 aromatic rings. The average Bonchev–Trinajstić information content (AvgIpc) is 3.69. The summed E-state index contributed by atoms with van der Waals surface area (Å²) in [7, 11) is 0. The fraction of sp³-hybridized carbons (Fsp3) is 0.613. The number of carbonyl (C=O) groups is 4. The molecule has 4 N–H and O–H groups in total. The van der Waals surface area contributed by atoms with Crippen LogP contribution in [0.3, 0.4) is 0 Å². The third-order valence-corrected chi connectivity index (χ3v) is 9.06. The summed E-state index contributed by atoms with van der Waals surface area (Å²) in [5, 5.41) is 14.3. The lowest BCUT2D eigenvalue weighted by atomic mass is 9.92. The Kier molecular flexibility index (Phi) is 11.5. The maximum atomic E-state index is 14.8. The van der Waals surface area contributed by atoms with Crippen molar-refractivity contribution in [2.75, 3.05) is 26.2 Å². The molecule has 1 saturated heterocycles. The van der Waals surface area contributed by atoms with Crippen molar-refractivity contribution in [1.82, 2.24) is 35.4 Å². The number of carbonyl (C=O) groups excluding carboxylic acids is 4. The molecule has 246 valence electrons. The number of aromatic nitrogens is 3. The summed E-state index contributed by atoms with van der Waals surface area (Å²) < 4.78 is 16.5. The van der Waals surface area contributed by atoms with E-state index in [9.17, 15) is 23.6 Å². The van der Waals surface area contributed by atoms with Gasteiger partial charge in [0.05, 0.1) is 24.3 Å². The summed E-state index contributed by atoms with van der Waals surface area (Å²) in [5.41, 5.74) is 6.87. The monoisotopic (exact) mass is 646 g/mol. The molecule has 12 nitrogen and oxygen atoms in total. The fourth-order valence-corrected chi connectivity index (χ4v) is 6.32. The molecule has 1 saturated carbocycles. The fourth-order valence-electron chi connectivity index (χ4n) is 6.32. The van der Waals surface area contributed by atoms with Gasteiger partial charge >= 0.3 is 0 Å². The van der Waals surface area contributed by atoms with Gasteiger partial charge in [0.15, 0.2) is 5.69 Å². The number of nitrogens with one attached hydrogen (secondary N) is 2. The van der Waals surface area contributed by atoms with E-state index < -0.39 is 29.7 Å². The summed E-state index contributed by atoms with van der Waals surface area (Å²) >= 11 is 0. The minimum absolute atomic E-state index is 0. The number of hydrogen-bond acceptors (Lipinski definition) is 7. The zero-order valence-electron chi connectivity index (χ0n) is 25.9. The van der Waals surface area contributed by atoms with E-state index in [2.05, 4.69) is 20.9 Å². The minimum atomic E-state index is -0.765. The topological polar surface area (TPSA) is 156 Å². The molecule has 0 unspecified atom stereocenters. The predicted octanol–water partition coefficient (Wildman–Crippen LogP) is 2.23. The Hall–Kier alpha value is -3.58. The maximum Gasteiger partial charge on any atom is 0.276 e. The lowest BCUT2D eigenvalue weighted by Gasteiger charge is -2.32. The Morgan fingerprint density at radius 1 is 1.09 bits per heavy atom. The van der Waals surface area contributed by atoms with Crippen molar-refractivity contribution in [2.45, 2.75) is 89.4 Å². The normalized spacial score (nSPS) is 25.2. The Morgan fingerprint density at radius 2 is 1.84 bits per heavy atom. The van der Waals surface area contributed by atoms with Gasteiger partial charge in [-0.2, -0.15) is 0 Å². The maximum absolute atomic E-state index is 14.8. The molecule has 2 bridgehead atoms.